The summed E-state index contributed by atoms with van der Waals surface area (Å²) in [7, 11) is 3.47. The lowest BCUT2D eigenvalue weighted by Gasteiger charge is -2.25. The van der Waals surface area contributed by atoms with Gasteiger partial charge in [-0.1, -0.05) is 0 Å². The Morgan fingerprint density at radius 2 is 2.15 bits per heavy atom. The van der Waals surface area contributed by atoms with Crippen LogP contribution in [-0.4, -0.2) is 71.3 Å². The van der Waals surface area contributed by atoms with Crippen LogP contribution in [0, 0.1) is 0 Å². The van der Waals surface area contributed by atoms with Crippen molar-refractivity contribution in [3.05, 3.63) is 30.2 Å². The van der Waals surface area contributed by atoms with Crippen molar-refractivity contribution in [3.8, 4) is 0 Å². The van der Waals surface area contributed by atoms with E-state index in [-0.39, 0.29) is 18.5 Å². The van der Waals surface area contributed by atoms with Crippen molar-refractivity contribution in [2.24, 2.45) is 4.99 Å². The second kappa shape index (κ2) is 8.61. The van der Waals surface area contributed by atoms with E-state index in [4.69, 9.17) is 4.74 Å². The summed E-state index contributed by atoms with van der Waals surface area (Å²) in [6.07, 6.45) is 5.29. The number of carbonyl (C=O) groups is 1. The van der Waals surface area contributed by atoms with E-state index in [0.717, 1.165) is 37.4 Å². The van der Waals surface area contributed by atoms with E-state index >= 15 is 0 Å². The number of hydrogen-bond acceptors (Lipinski definition) is 5. The molecule has 1 saturated heterocycles. The average molecular weight is 359 g/mol. The molecule has 0 radical (unpaired) electrons. The molecule has 0 unspecified atom stereocenters. The van der Waals surface area contributed by atoms with Crippen molar-refractivity contribution in [2.75, 3.05) is 33.9 Å². The summed E-state index contributed by atoms with van der Waals surface area (Å²) in [4.78, 5) is 22.3. The van der Waals surface area contributed by atoms with E-state index in [1.54, 1.807) is 35.9 Å². The summed E-state index contributed by atoms with van der Waals surface area (Å²) in [5.74, 6) is 0.606. The van der Waals surface area contributed by atoms with Crippen molar-refractivity contribution in [2.45, 2.75) is 25.4 Å². The van der Waals surface area contributed by atoms with Crippen molar-refractivity contribution in [3.63, 3.8) is 0 Å². The van der Waals surface area contributed by atoms with Crippen LogP contribution in [0.25, 0.3) is 5.65 Å². The molecule has 2 N–H and O–H groups in total. The fourth-order valence-corrected chi connectivity index (χ4v) is 2.67. The molecule has 0 atom stereocenters. The number of carbonyl (C=O) groups excluding carboxylic acids is 1. The van der Waals surface area contributed by atoms with Gasteiger partial charge in [-0.2, -0.15) is 5.10 Å². The van der Waals surface area contributed by atoms with Crippen LogP contribution in [0.15, 0.2) is 29.5 Å². The SMILES string of the molecule is CN(C)C(=O)CNC(=NCc1ccnc2ccnn12)NC1CCOCC1. The third-order valence-corrected chi connectivity index (χ3v) is 4.24. The molecule has 1 aliphatic heterocycles. The molecule has 3 heterocycles. The first-order valence-electron chi connectivity index (χ1n) is 8.74. The van der Waals surface area contributed by atoms with E-state index in [1.165, 1.54) is 0 Å². The maximum Gasteiger partial charge on any atom is 0.241 e. The van der Waals surface area contributed by atoms with Gasteiger partial charge in [0.2, 0.25) is 5.91 Å². The average Bonchev–Trinajstić information content (AvgIpc) is 3.13. The van der Waals surface area contributed by atoms with Crippen LogP contribution in [0.3, 0.4) is 0 Å². The third-order valence-electron chi connectivity index (χ3n) is 4.24. The van der Waals surface area contributed by atoms with Gasteiger partial charge in [0.15, 0.2) is 11.6 Å². The number of likely N-dealkylation sites (N-methyl/N-ethyl adjacent to an activating group) is 1. The first-order chi connectivity index (χ1) is 12.6. The minimum absolute atomic E-state index is 0.00939. The topological polar surface area (TPSA) is 96.2 Å². The molecule has 0 spiro atoms. The molecule has 3 rings (SSSR count). The van der Waals surface area contributed by atoms with E-state index in [9.17, 15) is 4.79 Å². The van der Waals surface area contributed by atoms with E-state index in [2.05, 4.69) is 25.7 Å². The van der Waals surface area contributed by atoms with Crippen LogP contribution in [0.4, 0.5) is 0 Å². The van der Waals surface area contributed by atoms with E-state index < -0.39 is 0 Å². The summed E-state index contributed by atoms with van der Waals surface area (Å²) in [5.41, 5.74) is 1.71. The number of guanidine groups is 1. The molecule has 26 heavy (non-hydrogen) atoms. The van der Waals surface area contributed by atoms with Gasteiger partial charge in [0, 0.05) is 45.6 Å². The van der Waals surface area contributed by atoms with Gasteiger partial charge in [0.05, 0.1) is 25.0 Å². The number of hydrogen-bond donors (Lipinski definition) is 2. The lowest BCUT2D eigenvalue weighted by molar-refractivity contribution is -0.127. The molecule has 0 saturated carbocycles. The second-order valence-electron chi connectivity index (χ2n) is 6.37. The zero-order chi connectivity index (χ0) is 18.4. The summed E-state index contributed by atoms with van der Waals surface area (Å²) >= 11 is 0. The van der Waals surface area contributed by atoms with Gasteiger partial charge < -0.3 is 20.3 Å². The van der Waals surface area contributed by atoms with Gasteiger partial charge in [-0.05, 0) is 18.9 Å². The van der Waals surface area contributed by atoms with Gasteiger partial charge >= 0.3 is 0 Å². The number of nitrogens with zero attached hydrogens (tertiary/aromatic N) is 5. The normalized spacial score (nSPS) is 15.8. The van der Waals surface area contributed by atoms with Crippen LogP contribution in [-0.2, 0) is 16.1 Å². The third kappa shape index (κ3) is 4.69. The van der Waals surface area contributed by atoms with Gasteiger partial charge in [-0.3, -0.25) is 4.79 Å². The molecule has 2 aromatic heterocycles. The highest BCUT2D eigenvalue weighted by Crippen LogP contribution is 2.07. The zero-order valence-corrected chi connectivity index (χ0v) is 15.2. The number of ether oxygens (including phenoxy) is 1. The standard InChI is InChI=1S/C17H25N7O2/c1-23(2)16(25)12-20-17(22-13-5-9-26-10-6-13)19-11-14-3-7-18-15-4-8-21-24(14)15/h3-4,7-8,13H,5-6,9-12H2,1-2H3,(H2,19,20,22). The fraction of sp³-hybridized carbons (Fsp3) is 0.529. The molecule has 9 heteroatoms. The largest absolute Gasteiger partial charge is 0.381 e. The molecule has 1 fully saturated rings. The molecular formula is C17H25N7O2. The molecule has 0 aromatic carbocycles. The minimum atomic E-state index is -0.00939. The maximum absolute atomic E-state index is 11.9. The Kier molecular flexibility index (Phi) is 6.00. The number of amides is 1. The molecule has 140 valence electrons. The number of nitrogens with one attached hydrogen (secondary N) is 2. The maximum atomic E-state index is 11.9. The monoisotopic (exact) mass is 359 g/mol. The quantitative estimate of drug-likeness (QED) is 0.578. The van der Waals surface area contributed by atoms with Crippen molar-refractivity contribution >= 4 is 17.5 Å². The van der Waals surface area contributed by atoms with Crippen molar-refractivity contribution in [1.82, 2.24) is 30.1 Å². The number of rotatable bonds is 5. The Morgan fingerprint density at radius 3 is 2.92 bits per heavy atom. The van der Waals surface area contributed by atoms with Crippen LogP contribution in [0.2, 0.25) is 0 Å². The molecular weight excluding hydrogens is 334 g/mol. The van der Waals surface area contributed by atoms with Crippen LogP contribution < -0.4 is 10.6 Å². The molecule has 1 aliphatic rings. The van der Waals surface area contributed by atoms with E-state index in [0.29, 0.717) is 12.5 Å². The molecule has 0 bridgehead atoms. The molecule has 0 aliphatic carbocycles. The number of fused-ring (bicyclic) bond motifs is 1. The highest BCUT2D eigenvalue weighted by molar-refractivity contribution is 5.86. The molecule has 2 aromatic rings. The molecule has 1 amide bonds. The summed E-state index contributed by atoms with van der Waals surface area (Å²) in [6, 6.07) is 4.02. The van der Waals surface area contributed by atoms with Gasteiger partial charge in [-0.15, -0.1) is 0 Å². The van der Waals surface area contributed by atoms with Gasteiger partial charge in [-0.25, -0.2) is 14.5 Å². The molecule has 9 nitrogen and oxygen atoms in total. The smallest absolute Gasteiger partial charge is 0.241 e. The Labute approximate surface area is 152 Å². The lowest BCUT2D eigenvalue weighted by atomic mass is 10.1. The Bertz CT molecular complexity index is 765. The first kappa shape index (κ1) is 18.1. The fourth-order valence-electron chi connectivity index (χ4n) is 2.67. The summed E-state index contributed by atoms with van der Waals surface area (Å²) in [5, 5.41) is 10.8. The Hall–Kier alpha value is -2.68. The van der Waals surface area contributed by atoms with Crippen molar-refractivity contribution in [1.29, 1.82) is 0 Å². The zero-order valence-electron chi connectivity index (χ0n) is 15.2. The van der Waals surface area contributed by atoms with Crippen LogP contribution in [0.5, 0.6) is 0 Å². The second-order valence-corrected chi connectivity index (χ2v) is 6.37. The Balaban J connectivity index is 1.71. The minimum Gasteiger partial charge on any atom is -0.381 e. The van der Waals surface area contributed by atoms with Crippen LogP contribution >= 0.6 is 0 Å². The highest BCUT2D eigenvalue weighted by Gasteiger charge is 2.16. The van der Waals surface area contributed by atoms with Crippen LogP contribution in [0.1, 0.15) is 18.5 Å². The number of aliphatic imine (C=N–C) groups is 1. The summed E-state index contributed by atoms with van der Waals surface area (Å²) < 4.78 is 7.16. The predicted octanol–water partition coefficient (Wildman–Crippen LogP) is 0.0317. The van der Waals surface area contributed by atoms with E-state index in [1.807, 2.05) is 12.1 Å². The number of aromatic nitrogens is 3. The highest BCUT2D eigenvalue weighted by atomic mass is 16.5. The van der Waals surface area contributed by atoms with Gasteiger partial charge in [0.1, 0.15) is 0 Å². The first-order valence-corrected chi connectivity index (χ1v) is 8.74. The van der Waals surface area contributed by atoms with Crippen molar-refractivity contribution < 1.29 is 9.53 Å². The predicted molar refractivity (Wildman–Crippen MR) is 97.8 cm³/mol. The van der Waals surface area contributed by atoms with Gasteiger partial charge in [0.25, 0.3) is 0 Å². The summed E-state index contributed by atoms with van der Waals surface area (Å²) in [6.45, 7) is 2.09. The lowest BCUT2D eigenvalue weighted by Crippen LogP contribution is -2.48. The Morgan fingerprint density at radius 1 is 1.35 bits per heavy atom.